The second kappa shape index (κ2) is 12.1. The van der Waals surface area contributed by atoms with Gasteiger partial charge in [0, 0.05) is 27.0 Å². The molecule has 7 heteroatoms. The maximum Gasteiger partial charge on any atom is 0.259 e. The fraction of sp³-hybridized carbons (Fsp3) is 0.938. The fourth-order valence-corrected chi connectivity index (χ4v) is 4.19. The molecule has 0 aromatic carbocycles. The van der Waals surface area contributed by atoms with Crippen molar-refractivity contribution < 1.29 is 20.3 Å². The lowest BCUT2D eigenvalue weighted by Crippen LogP contribution is -2.35. The normalized spacial score (nSPS) is 26.5. The number of rotatable bonds is 8. The van der Waals surface area contributed by atoms with Gasteiger partial charge in [-0.25, -0.2) is 11.2 Å². The average Bonchev–Trinajstić information content (AvgIpc) is 2.87. The minimum Gasteiger partial charge on any atom is -0.400 e. The van der Waals surface area contributed by atoms with E-state index in [0.29, 0.717) is 13.2 Å². The highest BCUT2D eigenvalue weighted by Crippen LogP contribution is 2.48. The van der Waals surface area contributed by atoms with Crippen LogP contribution in [0.25, 0.3) is 4.85 Å². The number of hydrogen-bond acceptors (Lipinski definition) is 5. The van der Waals surface area contributed by atoms with Crippen molar-refractivity contribution in [3.63, 3.8) is 0 Å². The van der Waals surface area contributed by atoms with Crippen LogP contribution in [-0.2, 0) is 13.8 Å². The Hall–Kier alpha value is -0.280. The molecule has 4 atom stereocenters. The molecule has 0 aromatic rings. The standard InChI is InChI=1S/C15H29N2O3P.CH4O/c1-11(2)17(12(3)4)21(18-9-8-16-7)20-15-10-13(5)19-14(15)6;1-2/h11-15H,8-10H2,1-6H3;2H,1H3/t13-,14+,15+,21?;/m0./s1/i6D;2T. The van der Waals surface area contributed by atoms with Gasteiger partial charge in [-0.05, 0) is 41.5 Å². The average molecular weight is 351 g/mol. The lowest BCUT2D eigenvalue weighted by Gasteiger charge is -2.37. The van der Waals surface area contributed by atoms with Gasteiger partial charge in [0.15, 0.2) is 0 Å². The Morgan fingerprint density at radius 3 is 2.61 bits per heavy atom. The molecular weight excluding hydrogens is 315 g/mol. The first-order chi connectivity index (χ1) is 11.8. The molecule has 6 nitrogen and oxygen atoms in total. The molecule has 0 amide bonds. The van der Waals surface area contributed by atoms with Crippen LogP contribution in [0.4, 0.5) is 0 Å². The lowest BCUT2D eigenvalue weighted by atomic mass is 10.2. The molecule has 1 aliphatic heterocycles. The van der Waals surface area contributed by atoms with Crippen molar-refractivity contribution in [2.45, 2.75) is 78.3 Å². The Morgan fingerprint density at radius 2 is 2.13 bits per heavy atom. The quantitative estimate of drug-likeness (QED) is 0.412. The maximum absolute atomic E-state index is 7.62. The van der Waals surface area contributed by atoms with Crippen molar-refractivity contribution in [3.8, 4) is 0 Å². The first kappa shape index (κ1) is 19.1. The molecule has 1 unspecified atom stereocenters. The van der Waals surface area contributed by atoms with E-state index < -0.39 is 8.53 Å². The fourth-order valence-electron chi connectivity index (χ4n) is 2.44. The highest BCUT2D eigenvalue weighted by Gasteiger charge is 2.36. The molecule has 1 rings (SSSR count). The van der Waals surface area contributed by atoms with Crippen molar-refractivity contribution in [2.24, 2.45) is 0 Å². The molecule has 0 bridgehead atoms. The topological polar surface area (TPSA) is 55.5 Å². The van der Waals surface area contributed by atoms with E-state index in [1.165, 1.54) is 7.11 Å². The second-order valence-corrected chi connectivity index (χ2v) is 7.29. The SMILES string of the molecule is [2H]C[C@H]1O[C@@H](C)C[C@H]1OP(OCC[N+]#[C-])N(C(C)C)C(C)C.[3H]OC. The van der Waals surface area contributed by atoms with Crippen LogP contribution in [0.1, 0.15) is 49.3 Å². The van der Waals surface area contributed by atoms with Gasteiger partial charge in [-0.3, -0.25) is 0 Å². The predicted octanol–water partition coefficient (Wildman–Crippen LogP) is 3.46. The van der Waals surface area contributed by atoms with Crippen molar-refractivity contribution >= 4 is 8.53 Å². The van der Waals surface area contributed by atoms with Crippen LogP contribution in [0.3, 0.4) is 0 Å². The third kappa shape index (κ3) is 7.89. The van der Waals surface area contributed by atoms with Crippen molar-refractivity contribution in [1.29, 1.82) is 1.43 Å². The summed E-state index contributed by atoms with van der Waals surface area (Å²) in [7, 11) is 0.0413. The van der Waals surface area contributed by atoms with E-state index in [4.69, 9.17) is 23.2 Å². The highest BCUT2D eigenvalue weighted by atomic mass is 31.2. The molecule has 0 radical (unpaired) electrons. The monoisotopic (exact) mass is 351 g/mol. The zero-order chi connectivity index (χ0) is 19.4. The second-order valence-electron chi connectivity index (χ2n) is 5.89. The molecule has 23 heavy (non-hydrogen) atoms. The van der Waals surface area contributed by atoms with Gasteiger partial charge in [0.2, 0.25) is 7.98 Å². The molecule has 1 heterocycles. The van der Waals surface area contributed by atoms with Crippen LogP contribution in [0.15, 0.2) is 0 Å². The van der Waals surface area contributed by atoms with Gasteiger partial charge in [-0.2, -0.15) is 0 Å². The van der Waals surface area contributed by atoms with E-state index in [2.05, 4.69) is 42.3 Å². The molecule has 0 aromatic heterocycles. The number of aliphatic hydroxyl groups excluding tert-OH is 1. The summed E-state index contributed by atoms with van der Waals surface area (Å²) in [6, 6.07) is 0.571. The van der Waals surface area contributed by atoms with E-state index >= 15 is 0 Å². The summed E-state index contributed by atoms with van der Waals surface area (Å²) >= 11 is 0. The minimum absolute atomic E-state index is 0.105. The Balaban J connectivity index is 0.00000178. The molecule has 1 N–H and O–H groups in total. The predicted molar refractivity (Wildman–Crippen MR) is 94.1 cm³/mol. The zero-order valence-electron chi connectivity index (χ0n) is 17.2. The summed E-state index contributed by atoms with van der Waals surface area (Å²) in [6.45, 7) is 18.3. The van der Waals surface area contributed by atoms with Gasteiger partial charge in [0.1, 0.15) is 6.61 Å². The minimum atomic E-state index is -1.25. The van der Waals surface area contributed by atoms with E-state index in [1.807, 2.05) is 6.92 Å². The summed E-state index contributed by atoms with van der Waals surface area (Å²) in [5, 5.41) is 3.50. The molecule has 1 fully saturated rings. The summed E-state index contributed by atoms with van der Waals surface area (Å²) in [5.41, 5.74) is 0. The van der Waals surface area contributed by atoms with Gasteiger partial charge < -0.3 is 23.7 Å². The Kier molecular flexibility index (Phi) is 10.1. The van der Waals surface area contributed by atoms with E-state index in [0.717, 1.165) is 6.42 Å². The third-order valence-corrected chi connectivity index (χ3v) is 5.42. The maximum atomic E-state index is 7.62. The number of aliphatic hydroxyl groups is 1. The molecule has 1 aliphatic rings. The summed E-state index contributed by atoms with van der Waals surface area (Å²) < 4.78 is 33.4. The smallest absolute Gasteiger partial charge is 0.259 e. The first-order valence-electron chi connectivity index (χ1n) is 9.09. The number of ether oxygens (including phenoxy) is 1. The van der Waals surface area contributed by atoms with Crippen molar-refractivity contribution in [2.75, 3.05) is 20.3 Å². The number of nitrogens with zero attached hydrogens (tertiary/aromatic N) is 2. The van der Waals surface area contributed by atoms with Crippen molar-refractivity contribution in [3.05, 3.63) is 11.4 Å². The lowest BCUT2D eigenvalue weighted by molar-refractivity contribution is 0.0299. The molecular formula is C16H33N2O4P. The largest absolute Gasteiger partial charge is 0.400 e. The van der Waals surface area contributed by atoms with Crippen LogP contribution in [-0.4, -0.2) is 61.9 Å². The Morgan fingerprint density at radius 1 is 1.52 bits per heavy atom. The zero-order valence-corrected chi connectivity index (χ0v) is 16.1. The van der Waals surface area contributed by atoms with Crippen molar-refractivity contribution in [1.82, 2.24) is 4.67 Å². The highest BCUT2D eigenvalue weighted by molar-refractivity contribution is 7.44. The van der Waals surface area contributed by atoms with E-state index in [-0.39, 0.29) is 37.3 Å². The van der Waals surface area contributed by atoms with E-state index in [9.17, 15) is 0 Å². The molecule has 0 aliphatic carbocycles. The van der Waals surface area contributed by atoms with Gasteiger partial charge in [0.25, 0.3) is 8.53 Å². The number of hydrogen-bond donors (Lipinski definition) is 1. The molecule has 1 saturated heterocycles. The van der Waals surface area contributed by atoms with Crippen LogP contribution in [0.2, 0.25) is 0 Å². The molecule has 0 saturated carbocycles. The van der Waals surface area contributed by atoms with Crippen LogP contribution in [0.5, 0.6) is 0 Å². The van der Waals surface area contributed by atoms with Crippen LogP contribution in [0, 0.1) is 6.57 Å². The summed E-state index contributed by atoms with van der Waals surface area (Å²) in [4.78, 5) is 3.34. The Bertz CT molecular complexity index is 378. The van der Waals surface area contributed by atoms with Gasteiger partial charge >= 0.3 is 0 Å². The molecule has 0 spiro atoms. The first-order valence-corrected chi connectivity index (χ1v) is 9.10. The van der Waals surface area contributed by atoms with Gasteiger partial charge in [0.05, 0.1) is 18.3 Å². The van der Waals surface area contributed by atoms with E-state index in [1.54, 1.807) is 0 Å². The van der Waals surface area contributed by atoms with Gasteiger partial charge in [-0.1, -0.05) is 0 Å². The van der Waals surface area contributed by atoms with Crippen LogP contribution >= 0.6 is 8.53 Å². The van der Waals surface area contributed by atoms with Crippen LogP contribution < -0.4 is 0 Å². The Labute approximate surface area is 145 Å². The summed E-state index contributed by atoms with van der Waals surface area (Å²) in [5.74, 6) is 0. The third-order valence-electron chi connectivity index (χ3n) is 3.26. The summed E-state index contributed by atoms with van der Waals surface area (Å²) in [6.07, 6.45) is 0.614. The van der Waals surface area contributed by atoms with Gasteiger partial charge in [-0.15, -0.1) is 0 Å². The molecule has 136 valence electrons.